The van der Waals surface area contributed by atoms with E-state index in [-0.39, 0.29) is 23.8 Å². The number of nitrogens with zero attached hydrogens (tertiary/aromatic N) is 2. The molecule has 0 bridgehead atoms. The molecule has 2 aliphatic heterocycles. The highest BCUT2D eigenvalue weighted by molar-refractivity contribution is 5.92. The second-order valence-electron chi connectivity index (χ2n) is 6.57. The van der Waals surface area contributed by atoms with Gasteiger partial charge in [-0.1, -0.05) is 13.8 Å². The van der Waals surface area contributed by atoms with Gasteiger partial charge in [-0.2, -0.15) is 0 Å². The first-order valence-electron chi connectivity index (χ1n) is 8.61. The van der Waals surface area contributed by atoms with Gasteiger partial charge in [0, 0.05) is 26.7 Å². The Kier molecular flexibility index (Phi) is 6.42. The Labute approximate surface area is 142 Å². The van der Waals surface area contributed by atoms with E-state index in [0.29, 0.717) is 39.3 Å². The number of hydrogen-bond donors (Lipinski definition) is 2. The maximum absolute atomic E-state index is 12.9. The van der Waals surface area contributed by atoms with Crippen LogP contribution in [0, 0.1) is 5.92 Å². The first-order valence-corrected chi connectivity index (χ1v) is 8.61. The molecule has 0 aromatic carbocycles. The average molecular weight is 340 g/mol. The van der Waals surface area contributed by atoms with Crippen molar-refractivity contribution in [3.63, 3.8) is 0 Å². The molecule has 2 rings (SSSR count). The number of carbonyl (C=O) groups is 3. The molecule has 0 aliphatic carbocycles. The number of likely N-dealkylation sites (N-methyl/N-ethyl adjacent to an activating group) is 1. The quantitative estimate of drug-likeness (QED) is 0.741. The number of rotatable bonds is 4. The first kappa shape index (κ1) is 18.5. The molecule has 0 saturated carbocycles. The van der Waals surface area contributed by atoms with Gasteiger partial charge in [0.15, 0.2) is 0 Å². The monoisotopic (exact) mass is 340 g/mol. The number of carbonyl (C=O) groups excluding carboxylic acids is 3. The fraction of sp³-hybridized carbons (Fsp3) is 0.812. The summed E-state index contributed by atoms with van der Waals surface area (Å²) in [5, 5.41) is 5.46. The molecule has 4 amide bonds. The number of urea groups is 1. The predicted octanol–water partition coefficient (Wildman–Crippen LogP) is -0.210. The number of morpholine rings is 1. The summed E-state index contributed by atoms with van der Waals surface area (Å²) in [7, 11) is 1.57. The summed E-state index contributed by atoms with van der Waals surface area (Å²) in [6.07, 6.45) is 1.46. The summed E-state index contributed by atoms with van der Waals surface area (Å²) in [5.74, 6) is -0.394. The second kappa shape index (κ2) is 8.32. The highest BCUT2D eigenvalue weighted by atomic mass is 16.5. The van der Waals surface area contributed by atoms with Gasteiger partial charge in [0.2, 0.25) is 11.8 Å². The van der Waals surface area contributed by atoms with Crippen molar-refractivity contribution in [2.75, 3.05) is 39.9 Å². The summed E-state index contributed by atoms with van der Waals surface area (Å²) >= 11 is 0. The van der Waals surface area contributed by atoms with Crippen molar-refractivity contribution in [3.05, 3.63) is 0 Å². The number of nitrogens with one attached hydrogen (secondary N) is 2. The van der Waals surface area contributed by atoms with E-state index in [1.54, 1.807) is 16.8 Å². The van der Waals surface area contributed by atoms with Crippen LogP contribution in [0.4, 0.5) is 4.79 Å². The normalized spacial score (nSPS) is 22.4. The van der Waals surface area contributed by atoms with Gasteiger partial charge in [-0.05, 0) is 18.8 Å². The van der Waals surface area contributed by atoms with Crippen LogP contribution in [-0.2, 0) is 14.3 Å². The molecule has 8 heteroatoms. The molecule has 2 unspecified atom stereocenters. The van der Waals surface area contributed by atoms with Crippen molar-refractivity contribution >= 4 is 17.8 Å². The molecular formula is C16H28N4O4. The van der Waals surface area contributed by atoms with Gasteiger partial charge in [0.25, 0.3) is 0 Å². The van der Waals surface area contributed by atoms with Crippen molar-refractivity contribution in [1.29, 1.82) is 0 Å². The lowest BCUT2D eigenvalue weighted by Gasteiger charge is -2.33. The minimum atomic E-state index is -0.634. The molecular weight excluding hydrogens is 312 g/mol. The zero-order valence-corrected chi connectivity index (χ0v) is 14.7. The van der Waals surface area contributed by atoms with Crippen LogP contribution in [0.15, 0.2) is 0 Å². The molecule has 2 atom stereocenters. The van der Waals surface area contributed by atoms with Crippen LogP contribution in [0.3, 0.4) is 0 Å². The lowest BCUT2D eigenvalue weighted by atomic mass is 10.0. The van der Waals surface area contributed by atoms with Crippen molar-refractivity contribution in [3.8, 4) is 0 Å². The molecule has 0 aromatic heterocycles. The van der Waals surface area contributed by atoms with E-state index < -0.39 is 12.1 Å². The Morgan fingerprint density at radius 2 is 1.79 bits per heavy atom. The molecule has 0 radical (unpaired) electrons. The lowest BCUT2D eigenvalue weighted by molar-refractivity contribution is -0.140. The zero-order valence-electron chi connectivity index (χ0n) is 14.7. The van der Waals surface area contributed by atoms with E-state index in [1.807, 2.05) is 13.8 Å². The van der Waals surface area contributed by atoms with E-state index in [1.165, 1.54) is 0 Å². The molecule has 2 aliphatic rings. The van der Waals surface area contributed by atoms with Gasteiger partial charge in [-0.25, -0.2) is 4.79 Å². The Balaban J connectivity index is 2.04. The topological polar surface area (TPSA) is 91.0 Å². The number of hydrogen-bond acceptors (Lipinski definition) is 4. The maximum atomic E-state index is 12.9. The molecule has 2 N–H and O–H groups in total. The third-order valence-corrected chi connectivity index (χ3v) is 4.59. The third-order valence-electron chi connectivity index (χ3n) is 4.59. The summed E-state index contributed by atoms with van der Waals surface area (Å²) in [4.78, 5) is 40.6. The van der Waals surface area contributed by atoms with Gasteiger partial charge in [-0.3, -0.25) is 9.59 Å². The Hall–Kier alpha value is -1.83. The Morgan fingerprint density at radius 3 is 2.38 bits per heavy atom. The molecule has 2 fully saturated rings. The van der Waals surface area contributed by atoms with Crippen LogP contribution >= 0.6 is 0 Å². The molecule has 0 spiro atoms. The van der Waals surface area contributed by atoms with E-state index >= 15 is 0 Å². The van der Waals surface area contributed by atoms with Gasteiger partial charge >= 0.3 is 6.03 Å². The van der Waals surface area contributed by atoms with Gasteiger partial charge in [0.1, 0.15) is 12.1 Å². The lowest BCUT2D eigenvalue weighted by Crippen LogP contribution is -2.57. The molecule has 8 nitrogen and oxygen atoms in total. The maximum Gasteiger partial charge on any atom is 0.318 e. The van der Waals surface area contributed by atoms with Crippen LogP contribution in [0.25, 0.3) is 0 Å². The second-order valence-corrected chi connectivity index (χ2v) is 6.57. The standard InChI is InChI=1S/C16H28N4O4/c1-11(2)13(18-16(23)19-7-9-24-10-8-19)15(22)20-6-4-5-12(20)14(21)17-3/h11-13H,4-10H2,1-3H3,(H,17,21)(H,18,23). The highest BCUT2D eigenvalue weighted by Gasteiger charge is 2.38. The van der Waals surface area contributed by atoms with Crippen LogP contribution in [-0.4, -0.2) is 79.6 Å². The van der Waals surface area contributed by atoms with E-state index in [9.17, 15) is 14.4 Å². The number of amides is 4. The third kappa shape index (κ3) is 4.17. The van der Waals surface area contributed by atoms with Crippen molar-refractivity contribution < 1.29 is 19.1 Å². The van der Waals surface area contributed by atoms with Gasteiger partial charge < -0.3 is 25.2 Å². The molecule has 24 heavy (non-hydrogen) atoms. The molecule has 2 heterocycles. The minimum absolute atomic E-state index is 0.0616. The van der Waals surface area contributed by atoms with Gasteiger partial charge in [-0.15, -0.1) is 0 Å². The van der Waals surface area contributed by atoms with Crippen molar-refractivity contribution in [2.45, 2.75) is 38.8 Å². The van der Waals surface area contributed by atoms with Crippen LogP contribution in [0.2, 0.25) is 0 Å². The fourth-order valence-electron chi connectivity index (χ4n) is 3.15. The SMILES string of the molecule is CNC(=O)C1CCCN1C(=O)C(NC(=O)N1CCOCC1)C(C)C. The summed E-state index contributed by atoms with van der Waals surface area (Å²) in [6.45, 7) is 6.41. The Bertz CT molecular complexity index is 477. The number of ether oxygens (including phenoxy) is 1. The summed E-state index contributed by atoms with van der Waals surface area (Å²) in [5.41, 5.74) is 0. The van der Waals surface area contributed by atoms with Crippen LogP contribution in [0.5, 0.6) is 0 Å². The predicted molar refractivity (Wildman–Crippen MR) is 88.4 cm³/mol. The van der Waals surface area contributed by atoms with Crippen LogP contribution in [0.1, 0.15) is 26.7 Å². The van der Waals surface area contributed by atoms with E-state index in [0.717, 1.165) is 6.42 Å². The average Bonchev–Trinajstić information content (AvgIpc) is 3.08. The van der Waals surface area contributed by atoms with E-state index in [2.05, 4.69) is 10.6 Å². The largest absolute Gasteiger partial charge is 0.378 e. The van der Waals surface area contributed by atoms with Crippen molar-refractivity contribution in [1.82, 2.24) is 20.4 Å². The summed E-state index contributed by atoms with van der Waals surface area (Å²) in [6, 6.07) is -1.32. The smallest absolute Gasteiger partial charge is 0.318 e. The van der Waals surface area contributed by atoms with E-state index in [4.69, 9.17) is 4.74 Å². The molecule has 0 aromatic rings. The van der Waals surface area contributed by atoms with Crippen LogP contribution < -0.4 is 10.6 Å². The minimum Gasteiger partial charge on any atom is -0.378 e. The first-order chi connectivity index (χ1) is 11.5. The Morgan fingerprint density at radius 1 is 1.12 bits per heavy atom. The van der Waals surface area contributed by atoms with Gasteiger partial charge in [0.05, 0.1) is 13.2 Å². The molecule has 2 saturated heterocycles. The summed E-state index contributed by atoms with van der Waals surface area (Å²) < 4.78 is 5.24. The highest BCUT2D eigenvalue weighted by Crippen LogP contribution is 2.20. The zero-order chi connectivity index (χ0) is 17.7. The molecule has 136 valence electrons. The fourth-order valence-corrected chi connectivity index (χ4v) is 3.15. The van der Waals surface area contributed by atoms with Crippen molar-refractivity contribution in [2.24, 2.45) is 5.92 Å². The number of likely N-dealkylation sites (tertiary alicyclic amines) is 1.